The molecule has 8 nitrogen and oxygen atoms in total. The van der Waals surface area contributed by atoms with Crippen LogP contribution in [0.15, 0.2) is 60.7 Å². The Morgan fingerprint density at radius 2 is 1.09 bits per heavy atom. The molecule has 2 aromatic carbocycles. The predicted molar refractivity (Wildman–Crippen MR) is 118 cm³/mol. The van der Waals surface area contributed by atoms with Gasteiger partial charge in [0.05, 0.1) is 11.8 Å². The molecule has 0 unspecified atom stereocenters. The van der Waals surface area contributed by atoms with Crippen molar-refractivity contribution < 1.29 is 38.1 Å². The van der Waals surface area contributed by atoms with Crippen molar-refractivity contribution in [2.24, 2.45) is 11.8 Å². The number of rotatable bonds is 4. The average molecular weight is 460 g/mol. The van der Waals surface area contributed by atoms with Crippen LogP contribution >= 0.6 is 0 Å². The molecule has 0 bridgehead atoms. The maximum Gasteiger partial charge on any atom is 0.338 e. The molecule has 0 saturated heterocycles. The highest BCUT2D eigenvalue weighted by Gasteiger charge is 2.64. The van der Waals surface area contributed by atoms with Crippen molar-refractivity contribution in [2.45, 2.75) is 25.7 Å². The van der Waals surface area contributed by atoms with Crippen LogP contribution in [0.3, 0.4) is 0 Å². The van der Waals surface area contributed by atoms with Gasteiger partial charge in [0.1, 0.15) is 23.0 Å². The van der Waals surface area contributed by atoms with Crippen LogP contribution in [-0.2, 0) is 19.2 Å². The van der Waals surface area contributed by atoms with Gasteiger partial charge in [-0.25, -0.2) is 9.59 Å². The lowest BCUT2D eigenvalue weighted by atomic mass is 9.51. The molecule has 172 valence electrons. The average Bonchev–Trinajstić information content (AvgIpc) is 2.74. The smallest absolute Gasteiger partial charge is 0.338 e. The Morgan fingerprint density at radius 1 is 0.706 bits per heavy atom. The van der Waals surface area contributed by atoms with Gasteiger partial charge in [0.2, 0.25) is 0 Å². The summed E-state index contributed by atoms with van der Waals surface area (Å²) in [6, 6.07) is 9.49. The molecule has 1 fully saturated rings. The first kappa shape index (κ1) is 21.6. The van der Waals surface area contributed by atoms with Crippen LogP contribution in [-0.4, -0.2) is 23.9 Å². The first-order chi connectivity index (χ1) is 16.2. The zero-order chi connectivity index (χ0) is 24.3. The zero-order valence-corrected chi connectivity index (χ0v) is 18.5. The summed E-state index contributed by atoms with van der Waals surface area (Å²) >= 11 is 0. The van der Waals surface area contributed by atoms with Crippen LogP contribution in [0, 0.1) is 11.8 Å². The van der Waals surface area contributed by atoms with Gasteiger partial charge in [-0.15, -0.1) is 0 Å². The third-order valence-electron chi connectivity index (χ3n) is 6.32. The van der Waals surface area contributed by atoms with E-state index < -0.39 is 47.5 Å². The Labute approximate surface area is 194 Å². The van der Waals surface area contributed by atoms with Gasteiger partial charge in [-0.1, -0.05) is 25.3 Å². The van der Waals surface area contributed by atoms with Gasteiger partial charge in [0.25, 0.3) is 0 Å². The van der Waals surface area contributed by atoms with Crippen LogP contribution in [0.1, 0.15) is 36.8 Å². The Kier molecular flexibility index (Phi) is 4.89. The number of hydrogen-bond donors (Lipinski definition) is 0. The fourth-order valence-corrected chi connectivity index (χ4v) is 4.73. The van der Waals surface area contributed by atoms with E-state index in [0.29, 0.717) is 11.1 Å². The summed E-state index contributed by atoms with van der Waals surface area (Å²) in [5, 5.41) is 0. The molecule has 2 heterocycles. The van der Waals surface area contributed by atoms with Gasteiger partial charge < -0.3 is 18.9 Å². The number of carbonyl (C=O) groups is 4. The lowest BCUT2D eigenvalue weighted by molar-refractivity contribution is -0.161. The molecular formula is C26H20O8. The Balaban J connectivity index is 1.45. The molecule has 1 aliphatic carbocycles. The van der Waals surface area contributed by atoms with Crippen LogP contribution in [0.5, 0.6) is 23.0 Å². The highest BCUT2D eigenvalue weighted by molar-refractivity contribution is 5.92. The SMILES string of the molecule is C=C(C)C(=O)Oc1ccc2c(c1)OC(=O)C1C2C2C(=O)Oc3cc(OC(=O)C(=C)C)ccc3C12. The summed E-state index contributed by atoms with van der Waals surface area (Å²) < 4.78 is 21.6. The predicted octanol–water partition coefficient (Wildman–Crippen LogP) is 3.60. The largest absolute Gasteiger partial charge is 0.426 e. The third-order valence-corrected chi connectivity index (χ3v) is 6.32. The van der Waals surface area contributed by atoms with Crippen molar-refractivity contribution in [3.63, 3.8) is 0 Å². The van der Waals surface area contributed by atoms with Crippen molar-refractivity contribution in [3.05, 3.63) is 71.8 Å². The molecule has 5 rings (SSSR count). The number of fused-ring (bicyclic) bond motifs is 8. The van der Waals surface area contributed by atoms with Crippen molar-refractivity contribution in [2.75, 3.05) is 0 Å². The van der Waals surface area contributed by atoms with Crippen LogP contribution < -0.4 is 18.9 Å². The lowest BCUT2D eigenvalue weighted by Crippen LogP contribution is -2.56. The number of ether oxygens (including phenoxy) is 4. The normalized spacial score (nSPS) is 23.5. The monoisotopic (exact) mass is 460 g/mol. The highest BCUT2D eigenvalue weighted by atomic mass is 16.6. The number of hydrogen-bond acceptors (Lipinski definition) is 8. The number of benzene rings is 2. The molecule has 2 aromatic rings. The van der Waals surface area contributed by atoms with Gasteiger partial charge in [-0.3, -0.25) is 9.59 Å². The van der Waals surface area contributed by atoms with E-state index in [0.717, 1.165) is 0 Å². The maximum atomic E-state index is 12.9. The topological polar surface area (TPSA) is 105 Å². The van der Waals surface area contributed by atoms with Crippen molar-refractivity contribution in [1.82, 2.24) is 0 Å². The van der Waals surface area contributed by atoms with Crippen LogP contribution in [0.4, 0.5) is 0 Å². The van der Waals surface area contributed by atoms with Gasteiger partial charge in [-0.2, -0.15) is 0 Å². The third kappa shape index (κ3) is 3.30. The van der Waals surface area contributed by atoms with E-state index in [1.54, 1.807) is 24.3 Å². The maximum absolute atomic E-state index is 12.9. The van der Waals surface area contributed by atoms with E-state index in [9.17, 15) is 19.2 Å². The van der Waals surface area contributed by atoms with E-state index in [1.165, 1.54) is 26.0 Å². The summed E-state index contributed by atoms with van der Waals surface area (Å²) in [4.78, 5) is 49.5. The number of esters is 4. The second-order valence-corrected chi connectivity index (χ2v) is 8.68. The minimum atomic E-state index is -0.593. The molecule has 8 heteroatoms. The minimum absolute atomic E-state index is 0.210. The second-order valence-electron chi connectivity index (χ2n) is 8.68. The zero-order valence-electron chi connectivity index (χ0n) is 18.5. The first-order valence-electron chi connectivity index (χ1n) is 10.6. The second kappa shape index (κ2) is 7.69. The first-order valence-corrected chi connectivity index (χ1v) is 10.6. The fourth-order valence-electron chi connectivity index (χ4n) is 4.73. The molecular weight excluding hydrogens is 440 g/mol. The molecule has 0 spiro atoms. The Bertz CT molecular complexity index is 1210. The summed E-state index contributed by atoms with van der Waals surface area (Å²) in [6.07, 6.45) is 0. The van der Waals surface area contributed by atoms with Crippen molar-refractivity contribution >= 4 is 23.9 Å². The van der Waals surface area contributed by atoms with Crippen LogP contribution in [0.25, 0.3) is 0 Å². The quantitative estimate of drug-likeness (QED) is 0.387. The fraction of sp³-hybridized carbons (Fsp3) is 0.231. The summed E-state index contributed by atoms with van der Waals surface area (Å²) in [5.74, 6) is -3.20. The van der Waals surface area contributed by atoms with Crippen molar-refractivity contribution in [3.8, 4) is 23.0 Å². The molecule has 0 radical (unpaired) electrons. The number of carbonyl (C=O) groups excluding carboxylic acids is 4. The van der Waals surface area contributed by atoms with Gasteiger partial charge in [0, 0.05) is 46.2 Å². The van der Waals surface area contributed by atoms with Gasteiger partial charge >= 0.3 is 23.9 Å². The Hall–Kier alpha value is -4.20. The minimum Gasteiger partial charge on any atom is -0.426 e. The summed E-state index contributed by atoms with van der Waals surface area (Å²) in [6.45, 7) is 10.1. The van der Waals surface area contributed by atoms with E-state index in [1.807, 2.05) is 0 Å². The van der Waals surface area contributed by atoms with E-state index >= 15 is 0 Å². The standard InChI is InChI=1S/C26H20O8/c1-11(2)23(27)31-13-5-7-15-17(9-13)33-25(29)21-19(15)22-20(21)16-8-6-14(32-24(28)12(3)4)10-18(16)34-26(22)30/h5-10,19-22H,1,3H2,2,4H3. The molecule has 3 aliphatic rings. The molecule has 1 saturated carbocycles. The molecule has 2 aliphatic heterocycles. The molecule has 34 heavy (non-hydrogen) atoms. The summed E-state index contributed by atoms with van der Waals surface area (Å²) in [7, 11) is 0. The van der Waals surface area contributed by atoms with Crippen molar-refractivity contribution in [1.29, 1.82) is 0 Å². The Morgan fingerprint density at radius 3 is 1.44 bits per heavy atom. The molecule has 0 N–H and O–H groups in total. The van der Waals surface area contributed by atoms with E-state index in [2.05, 4.69) is 13.2 Å². The van der Waals surface area contributed by atoms with E-state index in [4.69, 9.17) is 18.9 Å². The lowest BCUT2D eigenvalue weighted by Gasteiger charge is -2.53. The van der Waals surface area contributed by atoms with Gasteiger partial charge in [-0.05, 0) is 26.0 Å². The van der Waals surface area contributed by atoms with Gasteiger partial charge in [0.15, 0.2) is 0 Å². The van der Waals surface area contributed by atoms with E-state index in [-0.39, 0.29) is 34.1 Å². The van der Waals surface area contributed by atoms with Crippen LogP contribution in [0.2, 0.25) is 0 Å². The molecule has 0 atom stereocenters. The highest BCUT2D eigenvalue weighted by Crippen LogP contribution is 2.64. The molecule has 0 amide bonds. The summed E-state index contributed by atoms with van der Waals surface area (Å²) in [5.41, 5.74) is 1.82. The molecule has 0 aromatic heterocycles.